The van der Waals surface area contributed by atoms with Crippen LogP contribution < -0.4 is 0 Å². The summed E-state index contributed by atoms with van der Waals surface area (Å²) in [7, 11) is 3.98. The molecule has 1 aromatic heterocycles. The first kappa shape index (κ1) is 16.5. The number of rotatable bonds is 6. The van der Waals surface area contributed by atoms with E-state index in [0.717, 1.165) is 6.54 Å². The van der Waals surface area contributed by atoms with E-state index in [9.17, 15) is 4.79 Å². The number of hydrogen-bond acceptors (Lipinski definition) is 4. The fraction of sp³-hybridized carbons (Fsp3) is 0.692. The number of halogens is 1. The van der Waals surface area contributed by atoms with Crippen molar-refractivity contribution in [3.8, 4) is 0 Å². The predicted molar refractivity (Wildman–Crippen MR) is 82.3 cm³/mol. The normalized spacial score (nSPS) is 12.2. The Labute approximate surface area is 124 Å². The van der Waals surface area contributed by atoms with E-state index in [1.54, 1.807) is 22.6 Å². The number of likely N-dealkylation sites (N-methyl/N-ethyl adjacent to an activating group) is 1. The Morgan fingerprint density at radius 3 is 2.63 bits per heavy atom. The van der Waals surface area contributed by atoms with Gasteiger partial charge in [-0.2, -0.15) is 5.10 Å². The standard InChI is InChI=1S/C13H22ClN3OS/c1-13(2,3)19-9-11(18)12-10(14)8-15-17(12)7-6-16(4)5/h8H,6-7,9H2,1-5H3. The van der Waals surface area contributed by atoms with Crippen molar-refractivity contribution < 1.29 is 4.79 Å². The Morgan fingerprint density at radius 2 is 2.11 bits per heavy atom. The molecule has 6 heteroatoms. The van der Waals surface area contributed by atoms with Crippen LogP contribution in [0.5, 0.6) is 0 Å². The average Bonchev–Trinajstić information content (AvgIpc) is 2.64. The number of nitrogens with zero attached hydrogens (tertiary/aromatic N) is 3. The molecule has 0 saturated heterocycles. The van der Waals surface area contributed by atoms with Gasteiger partial charge in [0, 0.05) is 11.3 Å². The molecule has 1 heterocycles. The first-order chi connectivity index (χ1) is 8.70. The van der Waals surface area contributed by atoms with Crippen molar-refractivity contribution >= 4 is 29.1 Å². The maximum Gasteiger partial charge on any atom is 0.192 e. The van der Waals surface area contributed by atoms with Gasteiger partial charge in [-0.05, 0) is 14.1 Å². The molecule has 4 nitrogen and oxygen atoms in total. The van der Waals surface area contributed by atoms with Crippen LogP contribution in [0.2, 0.25) is 5.02 Å². The van der Waals surface area contributed by atoms with Crippen LogP contribution >= 0.6 is 23.4 Å². The Balaban J connectivity index is 2.75. The summed E-state index contributed by atoms with van der Waals surface area (Å²) >= 11 is 7.70. The van der Waals surface area contributed by atoms with Gasteiger partial charge in [0.05, 0.1) is 23.5 Å². The molecule has 0 bridgehead atoms. The second-order valence-electron chi connectivity index (χ2n) is 5.69. The molecule has 0 N–H and O–H groups in total. The lowest BCUT2D eigenvalue weighted by atomic mass is 10.3. The van der Waals surface area contributed by atoms with Crippen LogP contribution in [0.4, 0.5) is 0 Å². The molecule has 0 unspecified atom stereocenters. The van der Waals surface area contributed by atoms with Gasteiger partial charge in [-0.3, -0.25) is 9.48 Å². The zero-order valence-corrected chi connectivity index (χ0v) is 13.8. The summed E-state index contributed by atoms with van der Waals surface area (Å²) < 4.78 is 1.77. The predicted octanol–water partition coefficient (Wildman–Crippen LogP) is 2.81. The van der Waals surface area contributed by atoms with Gasteiger partial charge in [0.2, 0.25) is 0 Å². The molecule has 0 aliphatic carbocycles. The number of ketones is 1. The van der Waals surface area contributed by atoms with Crippen LogP contribution in [0, 0.1) is 0 Å². The summed E-state index contributed by atoms with van der Waals surface area (Å²) in [6.45, 7) is 7.77. The topological polar surface area (TPSA) is 38.1 Å². The third kappa shape index (κ3) is 5.55. The lowest BCUT2D eigenvalue weighted by Crippen LogP contribution is -2.22. The van der Waals surface area contributed by atoms with Crippen molar-refractivity contribution in [3.05, 3.63) is 16.9 Å². The first-order valence-electron chi connectivity index (χ1n) is 6.24. The van der Waals surface area contributed by atoms with Crippen LogP contribution in [0.3, 0.4) is 0 Å². The molecule has 0 radical (unpaired) electrons. The van der Waals surface area contributed by atoms with E-state index in [2.05, 4.69) is 25.9 Å². The molecule has 1 rings (SSSR count). The third-order valence-corrected chi connectivity index (χ3v) is 4.00. The highest BCUT2D eigenvalue weighted by molar-refractivity contribution is 8.01. The molecular formula is C13H22ClN3OS. The Morgan fingerprint density at radius 1 is 1.47 bits per heavy atom. The summed E-state index contributed by atoms with van der Waals surface area (Å²) in [6.07, 6.45) is 1.55. The molecule has 0 atom stereocenters. The van der Waals surface area contributed by atoms with Crippen LogP contribution in [-0.2, 0) is 6.54 Å². The number of hydrogen-bond donors (Lipinski definition) is 0. The number of aromatic nitrogens is 2. The number of thioether (sulfide) groups is 1. The molecule has 0 aliphatic heterocycles. The summed E-state index contributed by atoms with van der Waals surface area (Å²) in [6, 6.07) is 0. The molecule has 0 amide bonds. The zero-order valence-electron chi connectivity index (χ0n) is 12.2. The first-order valence-corrected chi connectivity index (χ1v) is 7.60. The van der Waals surface area contributed by atoms with Crippen molar-refractivity contribution in [3.63, 3.8) is 0 Å². The summed E-state index contributed by atoms with van der Waals surface area (Å²) in [5.74, 6) is 0.470. The van der Waals surface area contributed by atoms with Gasteiger partial charge in [0.15, 0.2) is 5.78 Å². The lowest BCUT2D eigenvalue weighted by molar-refractivity contribution is 0.101. The van der Waals surface area contributed by atoms with E-state index in [4.69, 9.17) is 11.6 Å². The van der Waals surface area contributed by atoms with Gasteiger partial charge in [-0.1, -0.05) is 32.4 Å². The van der Waals surface area contributed by atoms with Crippen molar-refractivity contribution in [2.45, 2.75) is 32.1 Å². The highest BCUT2D eigenvalue weighted by atomic mass is 35.5. The molecule has 1 aromatic rings. The highest BCUT2D eigenvalue weighted by Crippen LogP contribution is 2.25. The Hall–Kier alpha value is -0.520. The van der Waals surface area contributed by atoms with Gasteiger partial charge in [-0.15, -0.1) is 11.8 Å². The fourth-order valence-corrected chi connectivity index (χ4v) is 2.40. The van der Waals surface area contributed by atoms with Crippen molar-refractivity contribution in [1.82, 2.24) is 14.7 Å². The fourth-order valence-electron chi connectivity index (χ4n) is 1.45. The van der Waals surface area contributed by atoms with E-state index in [0.29, 0.717) is 23.0 Å². The third-order valence-electron chi connectivity index (χ3n) is 2.45. The Bertz CT molecular complexity index is 438. The molecule has 108 valence electrons. The molecule has 19 heavy (non-hydrogen) atoms. The summed E-state index contributed by atoms with van der Waals surface area (Å²) in [4.78, 5) is 14.3. The summed E-state index contributed by atoms with van der Waals surface area (Å²) in [5, 5.41) is 4.62. The smallest absolute Gasteiger partial charge is 0.192 e. The second-order valence-corrected chi connectivity index (χ2v) is 7.90. The lowest BCUT2D eigenvalue weighted by Gasteiger charge is -2.17. The van der Waals surface area contributed by atoms with Crippen LogP contribution in [0.15, 0.2) is 6.20 Å². The van der Waals surface area contributed by atoms with Gasteiger partial charge < -0.3 is 4.90 Å². The molecule has 0 saturated carbocycles. The molecule has 0 aliphatic rings. The maximum atomic E-state index is 12.3. The molecule has 0 spiro atoms. The SMILES string of the molecule is CN(C)CCn1ncc(Cl)c1C(=O)CSC(C)(C)C. The minimum absolute atomic E-state index is 0.0428. The maximum absolute atomic E-state index is 12.3. The monoisotopic (exact) mass is 303 g/mol. The molecule has 0 fully saturated rings. The van der Waals surface area contributed by atoms with Crippen LogP contribution in [0.1, 0.15) is 31.3 Å². The van der Waals surface area contributed by atoms with Gasteiger partial charge >= 0.3 is 0 Å². The second kappa shape index (κ2) is 6.77. The van der Waals surface area contributed by atoms with E-state index in [1.165, 1.54) is 0 Å². The summed E-state index contributed by atoms with van der Waals surface area (Å²) in [5.41, 5.74) is 0.528. The van der Waals surface area contributed by atoms with Crippen molar-refractivity contribution in [1.29, 1.82) is 0 Å². The van der Waals surface area contributed by atoms with Crippen molar-refractivity contribution in [2.75, 3.05) is 26.4 Å². The minimum Gasteiger partial charge on any atom is -0.308 e. The van der Waals surface area contributed by atoms with Crippen LogP contribution in [-0.4, -0.2) is 51.6 Å². The molecular weight excluding hydrogens is 282 g/mol. The van der Waals surface area contributed by atoms with E-state index in [-0.39, 0.29) is 10.5 Å². The van der Waals surface area contributed by atoms with E-state index in [1.807, 2.05) is 19.0 Å². The largest absolute Gasteiger partial charge is 0.308 e. The van der Waals surface area contributed by atoms with E-state index < -0.39 is 0 Å². The number of carbonyl (C=O) groups excluding carboxylic acids is 1. The van der Waals surface area contributed by atoms with E-state index >= 15 is 0 Å². The zero-order chi connectivity index (χ0) is 14.6. The number of carbonyl (C=O) groups is 1. The number of Topliss-reactive ketones (excluding diaryl/α,β-unsaturated/α-hetero) is 1. The van der Waals surface area contributed by atoms with Gasteiger partial charge in [0.25, 0.3) is 0 Å². The molecule has 0 aromatic carbocycles. The quantitative estimate of drug-likeness (QED) is 0.758. The average molecular weight is 304 g/mol. The Kier molecular flexibility index (Phi) is 5.89. The highest BCUT2D eigenvalue weighted by Gasteiger charge is 2.20. The minimum atomic E-state index is 0.0428. The van der Waals surface area contributed by atoms with Gasteiger partial charge in [0.1, 0.15) is 5.69 Å². The van der Waals surface area contributed by atoms with Gasteiger partial charge in [-0.25, -0.2) is 0 Å². The van der Waals surface area contributed by atoms with Crippen molar-refractivity contribution in [2.24, 2.45) is 0 Å². The van der Waals surface area contributed by atoms with Crippen LogP contribution in [0.25, 0.3) is 0 Å².